The maximum atomic E-state index is 10.7. The average Bonchev–Trinajstić information content (AvgIpc) is 2.36. The van der Waals surface area contributed by atoms with Crippen molar-refractivity contribution >= 4 is 23.5 Å². The van der Waals surface area contributed by atoms with E-state index in [0.717, 1.165) is 16.8 Å². The van der Waals surface area contributed by atoms with Crippen LogP contribution in [0.2, 0.25) is 0 Å². The van der Waals surface area contributed by atoms with E-state index in [0.29, 0.717) is 5.75 Å². The molecule has 2 rings (SSSR count). The maximum absolute atomic E-state index is 10.7. The van der Waals surface area contributed by atoms with Crippen molar-refractivity contribution in [2.75, 3.05) is 16.8 Å². The Morgan fingerprint density at radius 3 is 1.62 bits per heavy atom. The van der Waals surface area contributed by atoms with Gasteiger partial charge in [0, 0.05) is 16.8 Å². The Morgan fingerprint density at radius 1 is 0.833 bits per heavy atom. The smallest absolute Gasteiger partial charge is 0.233 e. The van der Waals surface area contributed by atoms with Crippen molar-refractivity contribution in [3.8, 4) is 5.75 Å². The molecule has 2 aromatic rings. The minimum atomic E-state index is -0.223. The first-order valence-corrected chi connectivity index (χ1v) is 7.80. The third-order valence-electron chi connectivity index (χ3n) is 3.65. The number of hydrogen-bond acceptors (Lipinski definition) is 7. The zero-order chi connectivity index (χ0) is 18.3. The highest BCUT2D eigenvalue weighted by atomic mass is 16.3. The van der Waals surface area contributed by atoms with Crippen molar-refractivity contribution in [3.63, 3.8) is 0 Å². The molecule has 0 fully saturated rings. The molecule has 24 heavy (non-hydrogen) atoms. The van der Waals surface area contributed by atoms with Gasteiger partial charge in [0.15, 0.2) is 0 Å². The summed E-state index contributed by atoms with van der Waals surface area (Å²) in [6.45, 7) is 12.3. The summed E-state index contributed by atoms with van der Waals surface area (Å²) in [6, 6.07) is 3.78. The molecule has 0 aliphatic rings. The quantitative estimate of drug-likeness (QED) is 0.624. The maximum Gasteiger partial charge on any atom is 0.233 e. The van der Waals surface area contributed by atoms with E-state index in [1.54, 1.807) is 0 Å². The summed E-state index contributed by atoms with van der Waals surface area (Å²) in [4.78, 5) is 11.8. The van der Waals surface area contributed by atoms with Gasteiger partial charge in [0.25, 0.3) is 0 Å². The number of nitrogens with zero attached hydrogens (tertiary/aromatic N) is 3. The zero-order valence-electron chi connectivity index (χ0n) is 15.1. The normalized spacial score (nSPS) is 12.2. The van der Waals surface area contributed by atoms with Gasteiger partial charge in [0.05, 0.1) is 0 Å². The number of nitrogens with one attached hydrogen (secondary N) is 1. The molecule has 7 nitrogen and oxygen atoms in total. The molecule has 0 amide bonds. The van der Waals surface area contributed by atoms with Crippen molar-refractivity contribution in [2.24, 2.45) is 0 Å². The lowest BCUT2D eigenvalue weighted by Crippen LogP contribution is -2.18. The Labute approximate surface area is 142 Å². The molecule has 1 aromatic carbocycles. The molecule has 6 N–H and O–H groups in total. The number of phenolic OH excluding ortho intramolecular Hbond substituents is 1. The Bertz CT molecular complexity index is 703. The van der Waals surface area contributed by atoms with Crippen molar-refractivity contribution in [1.82, 2.24) is 15.0 Å². The highest BCUT2D eigenvalue weighted by Crippen LogP contribution is 2.41. The second-order valence-corrected chi connectivity index (χ2v) is 7.92. The Balaban J connectivity index is 2.58. The number of rotatable bonds is 2. The van der Waals surface area contributed by atoms with E-state index in [2.05, 4.69) is 61.8 Å². The molecule has 1 heterocycles. The topological polar surface area (TPSA) is 123 Å². The number of hydrogen-bond donors (Lipinski definition) is 4. The lowest BCUT2D eigenvalue weighted by Gasteiger charge is -2.28. The summed E-state index contributed by atoms with van der Waals surface area (Å²) in [5.74, 6) is 0.687. The van der Waals surface area contributed by atoms with E-state index in [9.17, 15) is 5.11 Å². The van der Waals surface area contributed by atoms with Crippen LogP contribution in [0.4, 0.5) is 23.5 Å². The van der Waals surface area contributed by atoms with Gasteiger partial charge in [-0.2, -0.15) is 15.0 Å². The minimum Gasteiger partial charge on any atom is -0.507 e. The molecule has 0 radical (unpaired) electrons. The van der Waals surface area contributed by atoms with Crippen LogP contribution in [-0.2, 0) is 10.8 Å². The van der Waals surface area contributed by atoms with Crippen LogP contribution in [0.3, 0.4) is 0 Å². The molecule has 0 spiro atoms. The lowest BCUT2D eigenvalue weighted by atomic mass is 9.79. The number of nitrogen functional groups attached to an aromatic ring is 2. The van der Waals surface area contributed by atoms with E-state index < -0.39 is 0 Å². The van der Waals surface area contributed by atoms with E-state index in [4.69, 9.17) is 11.5 Å². The highest BCUT2D eigenvalue weighted by Gasteiger charge is 2.26. The van der Waals surface area contributed by atoms with Gasteiger partial charge in [-0.3, -0.25) is 0 Å². The molecule has 0 atom stereocenters. The Morgan fingerprint density at radius 2 is 1.25 bits per heavy atom. The van der Waals surface area contributed by atoms with Crippen molar-refractivity contribution in [3.05, 3.63) is 23.3 Å². The number of anilines is 4. The molecule has 130 valence electrons. The fraction of sp³-hybridized carbons (Fsp3) is 0.471. The van der Waals surface area contributed by atoms with Gasteiger partial charge in [-0.25, -0.2) is 0 Å². The van der Waals surface area contributed by atoms with Crippen LogP contribution in [0.15, 0.2) is 12.1 Å². The first-order chi connectivity index (χ1) is 10.9. The first-order valence-electron chi connectivity index (χ1n) is 7.80. The van der Waals surface area contributed by atoms with Gasteiger partial charge in [0.2, 0.25) is 17.8 Å². The number of nitrogens with two attached hydrogens (primary N) is 2. The minimum absolute atomic E-state index is 0.0517. The third-order valence-corrected chi connectivity index (χ3v) is 3.65. The second-order valence-electron chi connectivity index (χ2n) is 7.92. The number of aromatic hydroxyl groups is 1. The lowest BCUT2D eigenvalue weighted by molar-refractivity contribution is 0.423. The molecule has 0 aliphatic heterocycles. The number of benzene rings is 1. The van der Waals surface area contributed by atoms with Gasteiger partial charge in [-0.1, -0.05) is 41.5 Å². The molecule has 0 saturated heterocycles. The average molecular weight is 330 g/mol. The highest BCUT2D eigenvalue weighted by molar-refractivity contribution is 5.63. The summed E-state index contributed by atoms with van der Waals surface area (Å²) in [7, 11) is 0. The fourth-order valence-electron chi connectivity index (χ4n) is 2.44. The summed E-state index contributed by atoms with van der Waals surface area (Å²) in [6.07, 6.45) is 0. The molecule has 0 aliphatic carbocycles. The molecule has 0 saturated carbocycles. The molecule has 7 heteroatoms. The van der Waals surface area contributed by atoms with Crippen molar-refractivity contribution in [1.29, 1.82) is 0 Å². The van der Waals surface area contributed by atoms with Gasteiger partial charge >= 0.3 is 0 Å². The molecule has 0 unspecified atom stereocenters. The summed E-state index contributed by atoms with van der Waals surface area (Å²) < 4.78 is 0. The van der Waals surface area contributed by atoms with Crippen molar-refractivity contribution in [2.45, 2.75) is 52.4 Å². The van der Waals surface area contributed by atoms with Crippen LogP contribution in [0.1, 0.15) is 52.7 Å². The van der Waals surface area contributed by atoms with Gasteiger partial charge in [-0.15, -0.1) is 0 Å². The summed E-state index contributed by atoms with van der Waals surface area (Å²) in [5.41, 5.74) is 13.2. The third kappa shape index (κ3) is 3.84. The first kappa shape index (κ1) is 17.8. The Kier molecular flexibility index (Phi) is 4.31. The van der Waals surface area contributed by atoms with E-state index in [-0.39, 0.29) is 28.7 Å². The predicted octanol–water partition coefficient (Wildman–Crippen LogP) is 3.08. The molecular weight excluding hydrogens is 304 g/mol. The molecule has 0 bridgehead atoms. The summed E-state index contributed by atoms with van der Waals surface area (Å²) in [5, 5.41) is 13.8. The van der Waals surface area contributed by atoms with E-state index in [1.807, 2.05) is 12.1 Å². The van der Waals surface area contributed by atoms with Crippen LogP contribution in [0, 0.1) is 0 Å². The van der Waals surface area contributed by atoms with Gasteiger partial charge < -0.3 is 21.9 Å². The van der Waals surface area contributed by atoms with Crippen LogP contribution in [0.5, 0.6) is 5.75 Å². The van der Waals surface area contributed by atoms with Crippen molar-refractivity contribution < 1.29 is 5.11 Å². The number of phenols is 1. The standard InChI is InChI=1S/C17H26N6O/c1-16(2,3)10-7-9(8-11(12(10)24)17(4,5)6)20-15-22-13(18)21-14(19)23-15/h7-8,24H,1-6H3,(H5,18,19,20,21,22,23). The second kappa shape index (κ2) is 5.81. The van der Waals surface area contributed by atoms with Crippen LogP contribution >= 0.6 is 0 Å². The monoisotopic (exact) mass is 330 g/mol. The van der Waals surface area contributed by atoms with Gasteiger partial charge in [-0.05, 0) is 23.0 Å². The van der Waals surface area contributed by atoms with Crippen LogP contribution in [-0.4, -0.2) is 20.1 Å². The Hall–Kier alpha value is -2.57. The van der Waals surface area contributed by atoms with E-state index in [1.165, 1.54) is 0 Å². The predicted molar refractivity (Wildman–Crippen MR) is 97.4 cm³/mol. The van der Waals surface area contributed by atoms with E-state index >= 15 is 0 Å². The summed E-state index contributed by atoms with van der Waals surface area (Å²) >= 11 is 0. The fourth-order valence-corrected chi connectivity index (χ4v) is 2.44. The molecular formula is C17H26N6O. The van der Waals surface area contributed by atoms with Crippen LogP contribution in [0.25, 0.3) is 0 Å². The number of aromatic nitrogens is 3. The molecule has 1 aromatic heterocycles. The largest absolute Gasteiger partial charge is 0.507 e. The van der Waals surface area contributed by atoms with Gasteiger partial charge in [0.1, 0.15) is 5.75 Å². The zero-order valence-corrected chi connectivity index (χ0v) is 15.1. The van der Waals surface area contributed by atoms with Crippen LogP contribution < -0.4 is 16.8 Å². The SMILES string of the molecule is CC(C)(C)c1cc(Nc2nc(N)nc(N)n2)cc(C(C)(C)C)c1O.